The fourth-order valence-corrected chi connectivity index (χ4v) is 4.13. The Morgan fingerprint density at radius 1 is 1.06 bits per heavy atom. The summed E-state index contributed by atoms with van der Waals surface area (Å²) in [5.41, 5.74) is 1.29. The molecule has 1 aliphatic rings. The van der Waals surface area contributed by atoms with Crippen LogP contribution in [0.2, 0.25) is 0 Å². The van der Waals surface area contributed by atoms with Crippen LogP contribution in [0.25, 0.3) is 16.4 Å². The van der Waals surface area contributed by atoms with Gasteiger partial charge in [0.2, 0.25) is 0 Å². The Labute approximate surface area is 182 Å². The lowest BCUT2D eigenvalue weighted by Gasteiger charge is -2.29. The number of anilines is 2. The fraction of sp³-hybridized carbons (Fsp3) is 0.304. The van der Waals surface area contributed by atoms with E-state index in [2.05, 4.69) is 20.3 Å². The second-order valence-corrected chi connectivity index (χ2v) is 7.79. The summed E-state index contributed by atoms with van der Waals surface area (Å²) in [7, 11) is 0. The normalized spacial score (nSPS) is 15.6. The Morgan fingerprint density at radius 3 is 2.62 bits per heavy atom. The van der Waals surface area contributed by atoms with E-state index in [0.717, 1.165) is 35.6 Å². The number of alkyl halides is 2. The fourth-order valence-electron chi connectivity index (χ4n) is 4.13. The first kappa shape index (κ1) is 20.6. The van der Waals surface area contributed by atoms with Gasteiger partial charge in [0.15, 0.2) is 11.5 Å². The highest BCUT2D eigenvalue weighted by molar-refractivity contribution is 6.01. The van der Waals surface area contributed by atoms with Crippen molar-refractivity contribution in [2.24, 2.45) is 0 Å². The minimum atomic E-state index is -2.88. The summed E-state index contributed by atoms with van der Waals surface area (Å²) in [6, 6.07) is 9.55. The molecule has 3 heterocycles. The molecule has 0 spiro atoms. The van der Waals surface area contributed by atoms with Crippen LogP contribution in [0.15, 0.2) is 48.8 Å². The van der Waals surface area contributed by atoms with Crippen LogP contribution in [0, 0.1) is 5.82 Å². The quantitative estimate of drug-likeness (QED) is 0.474. The van der Waals surface area contributed by atoms with Crippen molar-refractivity contribution in [2.75, 3.05) is 36.5 Å². The third kappa shape index (κ3) is 3.62. The van der Waals surface area contributed by atoms with Crippen LogP contribution < -0.4 is 10.2 Å². The third-order valence-corrected chi connectivity index (χ3v) is 5.82. The largest absolute Gasteiger partial charge is 0.378 e. The van der Waals surface area contributed by atoms with Gasteiger partial charge in [0, 0.05) is 47.5 Å². The average Bonchev–Trinajstić information content (AvgIpc) is 3.28. The van der Waals surface area contributed by atoms with Gasteiger partial charge < -0.3 is 15.0 Å². The van der Waals surface area contributed by atoms with Crippen LogP contribution >= 0.6 is 0 Å². The van der Waals surface area contributed by atoms with Crippen molar-refractivity contribution < 1.29 is 17.9 Å². The van der Waals surface area contributed by atoms with Gasteiger partial charge in [0.1, 0.15) is 5.82 Å². The highest BCUT2D eigenvalue weighted by Gasteiger charge is 2.21. The number of halogens is 3. The molecular weight excluding hydrogens is 419 g/mol. The Morgan fingerprint density at radius 2 is 1.84 bits per heavy atom. The number of aromatic nitrogens is 3. The molecule has 9 heteroatoms. The molecule has 1 saturated heterocycles. The van der Waals surface area contributed by atoms with Gasteiger partial charge in [-0.2, -0.15) is 0 Å². The zero-order chi connectivity index (χ0) is 22.2. The molecule has 6 nitrogen and oxygen atoms in total. The molecule has 4 aromatic rings. The van der Waals surface area contributed by atoms with E-state index < -0.39 is 23.8 Å². The summed E-state index contributed by atoms with van der Waals surface area (Å²) in [6.45, 7) is 4.63. The van der Waals surface area contributed by atoms with Crippen LogP contribution in [0.5, 0.6) is 0 Å². The number of hydrogen-bond acceptors (Lipinski definition) is 5. The minimum absolute atomic E-state index is 0.160. The molecule has 1 atom stereocenters. The van der Waals surface area contributed by atoms with Crippen molar-refractivity contribution in [3.8, 4) is 0 Å². The Hall–Kier alpha value is -3.33. The second-order valence-electron chi connectivity index (χ2n) is 7.79. The molecule has 0 unspecified atom stereocenters. The molecule has 1 N–H and O–H groups in total. The van der Waals surface area contributed by atoms with Crippen molar-refractivity contribution >= 4 is 27.9 Å². The van der Waals surface area contributed by atoms with Gasteiger partial charge in [-0.05, 0) is 25.1 Å². The number of ether oxygens (including phenoxy) is 1. The predicted molar refractivity (Wildman–Crippen MR) is 117 cm³/mol. The van der Waals surface area contributed by atoms with Gasteiger partial charge >= 0.3 is 0 Å². The van der Waals surface area contributed by atoms with Gasteiger partial charge in [0.25, 0.3) is 6.43 Å². The number of rotatable bonds is 5. The summed E-state index contributed by atoms with van der Waals surface area (Å²) in [4.78, 5) is 6.64. The van der Waals surface area contributed by atoms with Crippen LogP contribution in [-0.2, 0) is 4.74 Å². The van der Waals surface area contributed by atoms with Crippen molar-refractivity contribution in [3.05, 3.63) is 65.7 Å². The van der Waals surface area contributed by atoms with E-state index >= 15 is 0 Å². The first-order valence-corrected chi connectivity index (χ1v) is 10.5. The number of morpholine rings is 1. The van der Waals surface area contributed by atoms with Gasteiger partial charge in [-0.25, -0.2) is 22.7 Å². The maximum absolute atomic E-state index is 14.7. The van der Waals surface area contributed by atoms with E-state index in [9.17, 15) is 13.2 Å². The third-order valence-electron chi connectivity index (χ3n) is 5.82. The lowest BCUT2D eigenvalue weighted by atomic mass is 10.0. The van der Waals surface area contributed by atoms with E-state index in [0.29, 0.717) is 24.7 Å². The molecule has 5 rings (SSSR count). The van der Waals surface area contributed by atoms with Gasteiger partial charge in [-0.15, -0.1) is 5.10 Å². The summed E-state index contributed by atoms with van der Waals surface area (Å²) in [6.07, 6.45) is 0.522. The Balaban J connectivity index is 1.58. The van der Waals surface area contributed by atoms with Crippen LogP contribution in [0.1, 0.15) is 30.5 Å². The molecule has 2 aromatic heterocycles. The molecule has 32 heavy (non-hydrogen) atoms. The number of fused-ring (bicyclic) bond motifs is 3. The number of nitrogens with zero attached hydrogens (tertiary/aromatic N) is 4. The monoisotopic (exact) mass is 441 g/mol. The minimum Gasteiger partial charge on any atom is -0.378 e. The zero-order valence-corrected chi connectivity index (χ0v) is 17.4. The average molecular weight is 441 g/mol. The Kier molecular flexibility index (Phi) is 5.34. The molecule has 0 aliphatic carbocycles. The molecule has 0 bridgehead atoms. The maximum Gasteiger partial charge on any atom is 0.266 e. The van der Waals surface area contributed by atoms with Crippen molar-refractivity contribution in [2.45, 2.75) is 19.4 Å². The molecular formula is C23H22F3N5O. The molecule has 0 amide bonds. The topological polar surface area (TPSA) is 54.7 Å². The van der Waals surface area contributed by atoms with E-state index in [4.69, 9.17) is 4.74 Å². The first-order valence-electron chi connectivity index (χ1n) is 10.5. The zero-order valence-electron chi connectivity index (χ0n) is 17.4. The van der Waals surface area contributed by atoms with Crippen molar-refractivity contribution in [1.82, 2.24) is 14.6 Å². The molecule has 0 radical (unpaired) electrons. The highest BCUT2D eigenvalue weighted by Crippen LogP contribution is 2.33. The Bertz CT molecular complexity index is 1270. The summed E-state index contributed by atoms with van der Waals surface area (Å²) in [5.74, 6) is -0.375. The van der Waals surface area contributed by atoms with Gasteiger partial charge in [0.05, 0.1) is 24.8 Å². The lowest BCUT2D eigenvalue weighted by molar-refractivity contribution is 0.122. The smallest absolute Gasteiger partial charge is 0.266 e. The summed E-state index contributed by atoms with van der Waals surface area (Å²) in [5, 5.41) is 9.58. The second kappa shape index (κ2) is 8.31. The predicted octanol–water partition coefficient (Wildman–Crippen LogP) is 4.97. The molecule has 1 aliphatic heterocycles. The van der Waals surface area contributed by atoms with E-state index in [1.54, 1.807) is 23.8 Å². The lowest BCUT2D eigenvalue weighted by Crippen LogP contribution is -2.36. The van der Waals surface area contributed by atoms with Gasteiger partial charge in [-0.1, -0.05) is 18.2 Å². The SMILES string of the molecule is C[C@@H](Nc1nn2ccnc2c2ccc(N3CCOCC3)cc12)c1cccc(C(F)F)c1F. The number of hydrogen-bond donors (Lipinski definition) is 1. The van der Waals surface area contributed by atoms with Crippen LogP contribution in [0.4, 0.5) is 24.7 Å². The summed E-state index contributed by atoms with van der Waals surface area (Å²) < 4.78 is 48.2. The van der Waals surface area contributed by atoms with Crippen LogP contribution in [-0.4, -0.2) is 40.9 Å². The molecule has 166 valence electrons. The molecule has 1 fully saturated rings. The molecule has 2 aromatic carbocycles. The summed E-state index contributed by atoms with van der Waals surface area (Å²) >= 11 is 0. The number of benzene rings is 2. The standard InChI is InChI=1S/C23H22F3N5O/c1-14(16-3-2-4-18(20(16)24)21(25)26)28-22-19-13-15(30-9-11-32-12-10-30)5-6-17(19)23-27-7-8-31(23)29-22/h2-8,13-14,21H,9-12H2,1H3,(H,28,29)/t14-/m1/s1. The molecule has 0 saturated carbocycles. The first-order chi connectivity index (χ1) is 15.5. The van der Waals surface area contributed by atoms with E-state index in [-0.39, 0.29) is 5.56 Å². The van der Waals surface area contributed by atoms with Crippen molar-refractivity contribution in [3.63, 3.8) is 0 Å². The van der Waals surface area contributed by atoms with Gasteiger partial charge in [-0.3, -0.25) is 0 Å². The number of nitrogens with one attached hydrogen (secondary N) is 1. The van der Waals surface area contributed by atoms with Crippen molar-refractivity contribution in [1.29, 1.82) is 0 Å². The van der Waals surface area contributed by atoms with E-state index in [1.165, 1.54) is 12.1 Å². The van der Waals surface area contributed by atoms with Crippen LogP contribution in [0.3, 0.4) is 0 Å². The maximum atomic E-state index is 14.7. The number of imidazole rings is 1. The highest BCUT2D eigenvalue weighted by atomic mass is 19.3. The van der Waals surface area contributed by atoms with E-state index in [1.807, 2.05) is 18.2 Å².